The van der Waals surface area contributed by atoms with Crippen LogP contribution in [0.5, 0.6) is 0 Å². The molecule has 3 N–H and O–H groups in total. The summed E-state index contributed by atoms with van der Waals surface area (Å²) in [5, 5.41) is 21.2. The Labute approximate surface area is 94.9 Å². The third kappa shape index (κ3) is 2.97. The van der Waals surface area contributed by atoms with Crippen LogP contribution in [0.3, 0.4) is 0 Å². The summed E-state index contributed by atoms with van der Waals surface area (Å²) in [4.78, 5) is 11.0. The van der Waals surface area contributed by atoms with E-state index in [4.69, 9.17) is 5.11 Å². The molecule has 0 aliphatic rings. The molecular weight excluding hydrogens is 206 g/mol. The Kier molecular flexibility index (Phi) is 4.31. The molecule has 4 nitrogen and oxygen atoms in total. The third-order valence-corrected chi connectivity index (χ3v) is 2.50. The molecule has 0 aliphatic carbocycles. The van der Waals surface area contributed by atoms with Gasteiger partial charge in [-0.1, -0.05) is 26.0 Å². The van der Waals surface area contributed by atoms with Crippen molar-refractivity contribution < 1.29 is 15.0 Å². The number of nitrogens with one attached hydrogen (secondary N) is 1. The summed E-state index contributed by atoms with van der Waals surface area (Å²) >= 11 is 0. The van der Waals surface area contributed by atoms with Gasteiger partial charge in [0.15, 0.2) is 0 Å². The topological polar surface area (TPSA) is 69.6 Å². The first kappa shape index (κ1) is 12.5. The SMILES string of the molecule is CC(C)C(CO)Nc1ccccc1C(=O)O. The zero-order chi connectivity index (χ0) is 12.1. The van der Waals surface area contributed by atoms with E-state index in [1.807, 2.05) is 13.8 Å². The molecule has 1 atom stereocenters. The van der Waals surface area contributed by atoms with E-state index in [0.29, 0.717) is 5.69 Å². The number of benzene rings is 1. The minimum Gasteiger partial charge on any atom is -0.478 e. The van der Waals surface area contributed by atoms with Crippen molar-refractivity contribution in [2.24, 2.45) is 5.92 Å². The molecule has 1 rings (SSSR count). The summed E-state index contributed by atoms with van der Waals surface area (Å²) in [5.41, 5.74) is 0.768. The van der Waals surface area contributed by atoms with Gasteiger partial charge in [-0.2, -0.15) is 0 Å². The molecule has 1 aromatic carbocycles. The number of aliphatic hydroxyl groups excluding tert-OH is 1. The van der Waals surface area contributed by atoms with E-state index in [0.717, 1.165) is 0 Å². The summed E-state index contributed by atoms with van der Waals surface area (Å²) in [7, 11) is 0. The first-order valence-electron chi connectivity index (χ1n) is 5.26. The molecule has 16 heavy (non-hydrogen) atoms. The minimum absolute atomic E-state index is 0.0222. The van der Waals surface area contributed by atoms with E-state index in [1.165, 1.54) is 0 Å². The van der Waals surface area contributed by atoms with Crippen molar-refractivity contribution in [1.29, 1.82) is 0 Å². The highest BCUT2D eigenvalue weighted by Crippen LogP contribution is 2.18. The average Bonchev–Trinajstić information content (AvgIpc) is 2.25. The van der Waals surface area contributed by atoms with Crippen molar-refractivity contribution in [3.63, 3.8) is 0 Å². The van der Waals surface area contributed by atoms with Gasteiger partial charge in [-0.3, -0.25) is 0 Å². The number of hydrogen-bond donors (Lipinski definition) is 3. The molecule has 1 aromatic rings. The summed E-state index contributed by atoms with van der Waals surface area (Å²) in [6.45, 7) is 3.92. The van der Waals surface area contributed by atoms with Gasteiger partial charge in [0.05, 0.1) is 18.2 Å². The van der Waals surface area contributed by atoms with Gasteiger partial charge < -0.3 is 15.5 Å². The molecule has 0 saturated carbocycles. The van der Waals surface area contributed by atoms with Gasteiger partial charge in [-0.15, -0.1) is 0 Å². The minimum atomic E-state index is -0.969. The van der Waals surface area contributed by atoms with Crippen molar-refractivity contribution in [2.45, 2.75) is 19.9 Å². The van der Waals surface area contributed by atoms with Crippen molar-refractivity contribution in [3.8, 4) is 0 Å². The number of carboxylic acids is 1. The summed E-state index contributed by atoms with van der Waals surface area (Å²) in [6, 6.07) is 6.55. The predicted octanol–water partition coefficient (Wildman–Crippen LogP) is 1.81. The fourth-order valence-corrected chi connectivity index (χ4v) is 1.42. The van der Waals surface area contributed by atoms with E-state index < -0.39 is 5.97 Å². The molecule has 0 aliphatic heterocycles. The van der Waals surface area contributed by atoms with Crippen molar-refractivity contribution in [1.82, 2.24) is 0 Å². The highest BCUT2D eigenvalue weighted by molar-refractivity contribution is 5.94. The van der Waals surface area contributed by atoms with Crippen LogP contribution < -0.4 is 5.32 Å². The van der Waals surface area contributed by atoms with Crippen LogP contribution in [-0.4, -0.2) is 28.8 Å². The molecule has 0 bridgehead atoms. The number of hydrogen-bond acceptors (Lipinski definition) is 3. The molecule has 0 aromatic heterocycles. The van der Waals surface area contributed by atoms with E-state index in [1.54, 1.807) is 24.3 Å². The van der Waals surface area contributed by atoms with Gasteiger partial charge in [0.2, 0.25) is 0 Å². The quantitative estimate of drug-likeness (QED) is 0.712. The maximum absolute atomic E-state index is 11.0. The molecule has 1 unspecified atom stereocenters. The van der Waals surface area contributed by atoms with E-state index >= 15 is 0 Å². The molecule has 0 heterocycles. The van der Waals surface area contributed by atoms with Gasteiger partial charge in [0.25, 0.3) is 0 Å². The van der Waals surface area contributed by atoms with Crippen LogP contribution in [0.2, 0.25) is 0 Å². The lowest BCUT2D eigenvalue weighted by Crippen LogP contribution is -2.30. The fraction of sp³-hybridized carbons (Fsp3) is 0.417. The van der Waals surface area contributed by atoms with Gasteiger partial charge >= 0.3 is 5.97 Å². The molecule has 0 fully saturated rings. The highest BCUT2D eigenvalue weighted by atomic mass is 16.4. The monoisotopic (exact) mass is 223 g/mol. The smallest absolute Gasteiger partial charge is 0.337 e. The van der Waals surface area contributed by atoms with Crippen LogP contribution in [0.25, 0.3) is 0 Å². The molecule has 4 heteroatoms. The third-order valence-electron chi connectivity index (χ3n) is 2.50. The number of aliphatic hydroxyl groups is 1. The molecule has 88 valence electrons. The van der Waals surface area contributed by atoms with Crippen LogP contribution in [0.15, 0.2) is 24.3 Å². The number of rotatable bonds is 5. The average molecular weight is 223 g/mol. The van der Waals surface area contributed by atoms with E-state index in [9.17, 15) is 9.90 Å². The molecule has 0 spiro atoms. The van der Waals surface area contributed by atoms with Crippen molar-refractivity contribution >= 4 is 11.7 Å². The highest BCUT2D eigenvalue weighted by Gasteiger charge is 2.15. The summed E-state index contributed by atoms with van der Waals surface area (Å²) in [6.07, 6.45) is 0. The Morgan fingerprint density at radius 1 is 1.38 bits per heavy atom. The van der Waals surface area contributed by atoms with Crippen LogP contribution in [0, 0.1) is 5.92 Å². The molecular formula is C12H17NO3. The maximum Gasteiger partial charge on any atom is 0.337 e. The van der Waals surface area contributed by atoms with E-state index in [-0.39, 0.29) is 24.1 Å². The largest absolute Gasteiger partial charge is 0.478 e. The van der Waals surface area contributed by atoms with Crippen molar-refractivity contribution in [2.75, 3.05) is 11.9 Å². The second kappa shape index (κ2) is 5.51. The van der Waals surface area contributed by atoms with Gasteiger partial charge in [0, 0.05) is 5.69 Å². The summed E-state index contributed by atoms with van der Waals surface area (Å²) in [5.74, 6) is -0.740. The van der Waals surface area contributed by atoms with Gasteiger partial charge in [-0.05, 0) is 18.1 Å². The number of carboxylic acid groups (broad SMARTS) is 1. The number of para-hydroxylation sites is 1. The summed E-state index contributed by atoms with van der Waals surface area (Å²) < 4.78 is 0. The van der Waals surface area contributed by atoms with Gasteiger partial charge in [-0.25, -0.2) is 4.79 Å². The zero-order valence-electron chi connectivity index (χ0n) is 9.47. The lowest BCUT2D eigenvalue weighted by Gasteiger charge is -2.22. The maximum atomic E-state index is 11.0. The normalized spacial score (nSPS) is 12.5. The molecule has 0 amide bonds. The first-order chi connectivity index (χ1) is 7.56. The van der Waals surface area contributed by atoms with E-state index in [2.05, 4.69) is 5.32 Å². The molecule has 0 radical (unpaired) electrons. The lowest BCUT2D eigenvalue weighted by atomic mass is 10.0. The number of aromatic carboxylic acids is 1. The molecule has 0 saturated heterocycles. The number of carbonyl (C=O) groups is 1. The second-order valence-corrected chi connectivity index (χ2v) is 4.03. The van der Waals surface area contributed by atoms with Crippen LogP contribution in [-0.2, 0) is 0 Å². The predicted molar refractivity (Wildman–Crippen MR) is 62.7 cm³/mol. The Balaban J connectivity index is 2.91. The fourth-order valence-electron chi connectivity index (χ4n) is 1.42. The van der Waals surface area contributed by atoms with Crippen LogP contribution in [0.4, 0.5) is 5.69 Å². The Hall–Kier alpha value is -1.55. The first-order valence-corrected chi connectivity index (χ1v) is 5.26. The number of anilines is 1. The Morgan fingerprint density at radius 3 is 2.50 bits per heavy atom. The zero-order valence-corrected chi connectivity index (χ0v) is 9.47. The Bertz CT molecular complexity index is 363. The van der Waals surface area contributed by atoms with Crippen molar-refractivity contribution in [3.05, 3.63) is 29.8 Å². The van der Waals surface area contributed by atoms with Crippen LogP contribution >= 0.6 is 0 Å². The standard InChI is InChI=1S/C12H17NO3/c1-8(2)11(7-14)13-10-6-4-3-5-9(10)12(15)16/h3-6,8,11,13-14H,7H2,1-2H3,(H,15,16). The lowest BCUT2D eigenvalue weighted by molar-refractivity contribution is 0.0697. The second-order valence-electron chi connectivity index (χ2n) is 4.03. The Morgan fingerprint density at radius 2 is 2.00 bits per heavy atom. The van der Waals surface area contributed by atoms with Gasteiger partial charge in [0.1, 0.15) is 0 Å². The van der Waals surface area contributed by atoms with Crippen LogP contribution in [0.1, 0.15) is 24.2 Å².